The molecule has 114 valence electrons. The highest BCUT2D eigenvalue weighted by Crippen LogP contribution is 2.15. The Balaban J connectivity index is 1.68. The lowest BCUT2D eigenvalue weighted by Gasteiger charge is -2.26. The second-order valence-corrected chi connectivity index (χ2v) is 5.19. The molecule has 1 saturated heterocycles. The van der Waals surface area contributed by atoms with E-state index in [0.29, 0.717) is 37.8 Å². The molecule has 6 nitrogen and oxygen atoms in total. The Morgan fingerprint density at radius 3 is 2.73 bits per heavy atom. The predicted octanol–water partition coefficient (Wildman–Crippen LogP) is 2.00. The van der Waals surface area contributed by atoms with Gasteiger partial charge in [0.25, 0.3) is 5.91 Å². The van der Waals surface area contributed by atoms with Crippen molar-refractivity contribution in [3.8, 4) is 0 Å². The molecule has 1 amide bonds. The van der Waals surface area contributed by atoms with Crippen molar-refractivity contribution in [3.05, 3.63) is 47.9 Å². The number of aryl methyl sites for hydroxylation is 1. The van der Waals surface area contributed by atoms with E-state index in [4.69, 9.17) is 4.74 Å². The Morgan fingerprint density at radius 2 is 2.05 bits per heavy atom. The van der Waals surface area contributed by atoms with Gasteiger partial charge in [0.2, 0.25) is 0 Å². The number of ether oxygens (including phenoxy) is 1. The average Bonchev–Trinajstić information content (AvgIpc) is 2.56. The zero-order chi connectivity index (χ0) is 15.4. The third-order valence-electron chi connectivity index (χ3n) is 3.46. The molecular formula is C16H18N4O2. The number of anilines is 2. The van der Waals surface area contributed by atoms with E-state index >= 15 is 0 Å². The van der Waals surface area contributed by atoms with Crippen LogP contribution in [0.25, 0.3) is 0 Å². The Bertz CT molecular complexity index is 651. The maximum Gasteiger partial charge on any atom is 0.274 e. The van der Waals surface area contributed by atoms with Crippen LogP contribution in [0.15, 0.2) is 36.7 Å². The van der Waals surface area contributed by atoms with E-state index < -0.39 is 0 Å². The molecule has 0 bridgehead atoms. The number of aromatic nitrogens is 2. The molecule has 1 aromatic heterocycles. The quantitative estimate of drug-likeness (QED) is 0.938. The molecule has 22 heavy (non-hydrogen) atoms. The minimum absolute atomic E-state index is 0.0992. The summed E-state index contributed by atoms with van der Waals surface area (Å²) in [7, 11) is 0. The minimum atomic E-state index is -0.0992. The SMILES string of the molecule is Cc1cccc(Nc2cnc(C(=O)N3CCOCC3)cn2)c1. The first kappa shape index (κ1) is 14.5. The number of amides is 1. The van der Waals surface area contributed by atoms with Crippen molar-refractivity contribution in [2.75, 3.05) is 31.6 Å². The fourth-order valence-electron chi connectivity index (χ4n) is 2.30. The zero-order valence-corrected chi connectivity index (χ0v) is 12.5. The normalized spacial score (nSPS) is 14.7. The molecule has 3 rings (SSSR count). The van der Waals surface area contributed by atoms with Crippen LogP contribution < -0.4 is 5.32 Å². The monoisotopic (exact) mass is 298 g/mol. The number of rotatable bonds is 3. The molecule has 2 heterocycles. The van der Waals surface area contributed by atoms with Crippen LogP contribution in [0, 0.1) is 6.92 Å². The second kappa shape index (κ2) is 6.53. The summed E-state index contributed by atoms with van der Waals surface area (Å²) in [4.78, 5) is 22.5. The Morgan fingerprint density at radius 1 is 1.23 bits per heavy atom. The minimum Gasteiger partial charge on any atom is -0.378 e. The van der Waals surface area contributed by atoms with Gasteiger partial charge in [0.15, 0.2) is 0 Å². The van der Waals surface area contributed by atoms with E-state index in [1.807, 2.05) is 31.2 Å². The summed E-state index contributed by atoms with van der Waals surface area (Å²) in [5, 5.41) is 3.17. The molecule has 1 aromatic carbocycles. The van der Waals surface area contributed by atoms with E-state index in [2.05, 4.69) is 15.3 Å². The maximum absolute atomic E-state index is 12.3. The van der Waals surface area contributed by atoms with Crippen molar-refractivity contribution >= 4 is 17.4 Å². The summed E-state index contributed by atoms with van der Waals surface area (Å²) in [6.07, 6.45) is 3.09. The van der Waals surface area contributed by atoms with Crippen LogP contribution in [0.5, 0.6) is 0 Å². The van der Waals surface area contributed by atoms with Gasteiger partial charge in [-0.1, -0.05) is 12.1 Å². The first-order chi connectivity index (χ1) is 10.7. The lowest BCUT2D eigenvalue weighted by Crippen LogP contribution is -2.41. The molecule has 1 aliphatic rings. The summed E-state index contributed by atoms with van der Waals surface area (Å²) in [5.74, 6) is 0.516. The predicted molar refractivity (Wildman–Crippen MR) is 83.2 cm³/mol. The van der Waals surface area contributed by atoms with Crippen molar-refractivity contribution in [3.63, 3.8) is 0 Å². The van der Waals surface area contributed by atoms with Gasteiger partial charge >= 0.3 is 0 Å². The van der Waals surface area contributed by atoms with Crippen LogP contribution in [0.2, 0.25) is 0 Å². The smallest absolute Gasteiger partial charge is 0.274 e. The van der Waals surface area contributed by atoms with E-state index in [0.717, 1.165) is 11.3 Å². The largest absolute Gasteiger partial charge is 0.378 e. The molecule has 0 saturated carbocycles. The fourth-order valence-corrected chi connectivity index (χ4v) is 2.30. The lowest BCUT2D eigenvalue weighted by atomic mass is 10.2. The first-order valence-corrected chi connectivity index (χ1v) is 7.25. The molecule has 0 radical (unpaired) electrons. The molecular weight excluding hydrogens is 280 g/mol. The first-order valence-electron chi connectivity index (χ1n) is 7.25. The van der Waals surface area contributed by atoms with Gasteiger partial charge in [0.05, 0.1) is 25.6 Å². The van der Waals surface area contributed by atoms with Crippen molar-refractivity contribution in [1.82, 2.24) is 14.9 Å². The maximum atomic E-state index is 12.3. The van der Waals surface area contributed by atoms with Crippen molar-refractivity contribution in [2.45, 2.75) is 6.92 Å². The van der Waals surface area contributed by atoms with Gasteiger partial charge in [-0.15, -0.1) is 0 Å². The number of benzene rings is 1. The summed E-state index contributed by atoms with van der Waals surface area (Å²) in [6, 6.07) is 7.98. The molecule has 6 heteroatoms. The molecule has 0 spiro atoms. The number of nitrogens with zero attached hydrogens (tertiary/aromatic N) is 3. The summed E-state index contributed by atoms with van der Waals surface area (Å²) >= 11 is 0. The summed E-state index contributed by atoms with van der Waals surface area (Å²) < 4.78 is 5.24. The lowest BCUT2D eigenvalue weighted by molar-refractivity contribution is 0.0298. The van der Waals surface area contributed by atoms with Crippen LogP contribution >= 0.6 is 0 Å². The molecule has 1 fully saturated rings. The fraction of sp³-hybridized carbons (Fsp3) is 0.312. The zero-order valence-electron chi connectivity index (χ0n) is 12.5. The van der Waals surface area contributed by atoms with Crippen molar-refractivity contribution < 1.29 is 9.53 Å². The number of morpholine rings is 1. The van der Waals surface area contributed by atoms with E-state index in [9.17, 15) is 4.79 Å². The number of hydrogen-bond donors (Lipinski definition) is 1. The average molecular weight is 298 g/mol. The summed E-state index contributed by atoms with van der Waals surface area (Å²) in [6.45, 7) is 4.38. The van der Waals surface area contributed by atoms with Gasteiger partial charge in [0, 0.05) is 18.8 Å². The number of hydrogen-bond acceptors (Lipinski definition) is 5. The Kier molecular flexibility index (Phi) is 4.29. The van der Waals surface area contributed by atoms with E-state index in [1.165, 1.54) is 6.20 Å². The molecule has 1 N–H and O–H groups in total. The number of carbonyl (C=O) groups is 1. The standard InChI is InChI=1S/C16H18N4O2/c1-12-3-2-4-13(9-12)19-15-11-17-14(10-18-15)16(21)20-5-7-22-8-6-20/h2-4,9-11H,5-8H2,1H3,(H,18,19). The Hall–Kier alpha value is -2.47. The van der Waals surface area contributed by atoms with Crippen molar-refractivity contribution in [1.29, 1.82) is 0 Å². The number of carbonyl (C=O) groups excluding carboxylic acids is 1. The topological polar surface area (TPSA) is 67.4 Å². The second-order valence-electron chi connectivity index (χ2n) is 5.19. The van der Waals surface area contributed by atoms with Gasteiger partial charge in [-0.25, -0.2) is 9.97 Å². The van der Waals surface area contributed by atoms with Crippen LogP contribution in [0.4, 0.5) is 11.5 Å². The van der Waals surface area contributed by atoms with Gasteiger partial charge in [0.1, 0.15) is 11.5 Å². The van der Waals surface area contributed by atoms with Gasteiger partial charge in [-0.3, -0.25) is 4.79 Å². The highest BCUT2D eigenvalue weighted by Gasteiger charge is 2.19. The van der Waals surface area contributed by atoms with E-state index in [-0.39, 0.29) is 5.91 Å². The molecule has 0 unspecified atom stereocenters. The van der Waals surface area contributed by atoms with Crippen LogP contribution in [-0.2, 0) is 4.74 Å². The molecule has 0 atom stereocenters. The van der Waals surface area contributed by atoms with E-state index in [1.54, 1.807) is 11.1 Å². The Labute approximate surface area is 129 Å². The van der Waals surface area contributed by atoms with Crippen LogP contribution in [0.3, 0.4) is 0 Å². The summed E-state index contributed by atoms with van der Waals surface area (Å²) in [5.41, 5.74) is 2.47. The van der Waals surface area contributed by atoms with Crippen molar-refractivity contribution in [2.24, 2.45) is 0 Å². The third kappa shape index (κ3) is 3.40. The highest BCUT2D eigenvalue weighted by molar-refractivity contribution is 5.92. The highest BCUT2D eigenvalue weighted by atomic mass is 16.5. The van der Waals surface area contributed by atoms with Gasteiger partial charge < -0.3 is 15.0 Å². The molecule has 1 aliphatic heterocycles. The van der Waals surface area contributed by atoms with Crippen LogP contribution in [0.1, 0.15) is 16.1 Å². The van der Waals surface area contributed by atoms with Crippen LogP contribution in [-0.4, -0.2) is 47.1 Å². The number of nitrogens with one attached hydrogen (secondary N) is 1. The molecule has 0 aliphatic carbocycles. The van der Waals surface area contributed by atoms with Gasteiger partial charge in [-0.05, 0) is 24.6 Å². The third-order valence-corrected chi connectivity index (χ3v) is 3.46. The molecule has 2 aromatic rings. The van der Waals surface area contributed by atoms with Gasteiger partial charge in [-0.2, -0.15) is 0 Å².